The van der Waals surface area contributed by atoms with Crippen LogP contribution in [0.25, 0.3) is 0 Å². The Hall–Kier alpha value is -1.70. The first-order chi connectivity index (χ1) is 12.6. The van der Waals surface area contributed by atoms with Crippen molar-refractivity contribution in [3.63, 3.8) is 0 Å². The van der Waals surface area contributed by atoms with Gasteiger partial charge in [0.2, 0.25) is 0 Å². The zero-order valence-electron chi connectivity index (χ0n) is 15.0. The molecule has 7 heteroatoms. The van der Waals surface area contributed by atoms with Gasteiger partial charge in [0.15, 0.2) is 0 Å². The highest BCUT2D eigenvalue weighted by molar-refractivity contribution is 8.38. The number of carbonyl (C=O) groups is 1. The second kappa shape index (κ2) is 9.30. The average Bonchev–Trinajstić information content (AvgIpc) is 3.34. The van der Waals surface area contributed by atoms with Gasteiger partial charge in [0, 0.05) is 23.6 Å². The molecule has 1 N–H and O–H groups in total. The van der Waals surface area contributed by atoms with Gasteiger partial charge < -0.3 is 9.73 Å². The van der Waals surface area contributed by atoms with Crippen LogP contribution in [-0.4, -0.2) is 48.1 Å². The van der Waals surface area contributed by atoms with Crippen molar-refractivity contribution >= 4 is 33.8 Å². The molecule has 1 unspecified atom stereocenters. The van der Waals surface area contributed by atoms with Crippen LogP contribution in [0.2, 0.25) is 0 Å². The van der Waals surface area contributed by atoms with E-state index in [1.807, 2.05) is 55.4 Å². The molecule has 1 aliphatic heterocycles. The second-order valence-electron chi connectivity index (χ2n) is 6.15. The van der Waals surface area contributed by atoms with E-state index < -0.39 is 0 Å². The lowest BCUT2D eigenvalue weighted by molar-refractivity contribution is 0.0938. The number of carbonyl (C=O) groups excluding carboxylic acids is 1. The Balaban J connectivity index is 1.63. The molecule has 1 atom stereocenters. The summed E-state index contributed by atoms with van der Waals surface area (Å²) in [5.74, 6) is 2.60. The lowest BCUT2D eigenvalue weighted by Crippen LogP contribution is -2.34. The number of hydrogen-bond donors (Lipinski definition) is 1. The molecule has 0 bridgehead atoms. The first-order valence-corrected chi connectivity index (χ1v) is 10.5. The Bertz CT molecular complexity index is 760. The number of likely N-dealkylation sites (N-methyl/N-ethyl adjacent to an activating group) is 1. The van der Waals surface area contributed by atoms with Gasteiger partial charge in [0.25, 0.3) is 5.91 Å². The highest BCUT2D eigenvalue weighted by Crippen LogP contribution is 2.26. The van der Waals surface area contributed by atoms with Gasteiger partial charge in [0.1, 0.15) is 10.1 Å². The highest BCUT2D eigenvalue weighted by Gasteiger charge is 2.19. The van der Waals surface area contributed by atoms with Crippen molar-refractivity contribution in [2.75, 3.05) is 32.9 Å². The van der Waals surface area contributed by atoms with Crippen LogP contribution in [-0.2, 0) is 5.75 Å². The standard InChI is InChI=1S/C19H23N3O2S2/c1-22(2)16(17-8-5-10-24-17)12-21-18(23)15-7-4-3-6-14(15)13-26-19-20-9-11-25-19/h3-8,10,16H,9,11-13H2,1-2H3,(H,21,23). The lowest BCUT2D eigenvalue weighted by Gasteiger charge is -2.22. The minimum atomic E-state index is -0.0550. The summed E-state index contributed by atoms with van der Waals surface area (Å²) in [5, 5.41) is 3.05. The fourth-order valence-corrected chi connectivity index (χ4v) is 4.73. The Labute approximate surface area is 162 Å². The molecule has 0 fully saturated rings. The number of benzene rings is 1. The Morgan fingerprint density at radius 2 is 2.19 bits per heavy atom. The molecule has 0 saturated carbocycles. The van der Waals surface area contributed by atoms with Crippen LogP contribution in [0.1, 0.15) is 27.7 Å². The fourth-order valence-electron chi connectivity index (χ4n) is 2.71. The molecular weight excluding hydrogens is 366 g/mol. The van der Waals surface area contributed by atoms with Crippen LogP contribution in [0, 0.1) is 0 Å². The van der Waals surface area contributed by atoms with E-state index in [9.17, 15) is 4.79 Å². The summed E-state index contributed by atoms with van der Waals surface area (Å²) >= 11 is 3.49. The number of nitrogens with one attached hydrogen (secondary N) is 1. The maximum absolute atomic E-state index is 12.8. The molecule has 0 radical (unpaired) electrons. The van der Waals surface area contributed by atoms with E-state index in [1.165, 1.54) is 0 Å². The summed E-state index contributed by atoms with van der Waals surface area (Å²) in [6.45, 7) is 1.39. The molecule has 1 amide bonds. The summed E-state index contributed by atoms with van der Waals surface area (Å²) < 4.78 is 6.62. The number of nitrogens with zero attached hydrogens (tertiary/aromatic N) is 2. The minimum absolute atomic E-state index is 0.000248. The van der Waals surface area contributed by atoms with Gasteiger partial charge in [-0.15, -0.1) is 0 Å². The van der Waals surface area contributed by atoms with Gasteiger partial charge in [-0.05, 0) is 37.9 Å². The average molecular weight is 390 g/mol. The number of furan rings is 1. The third kappa shape index (κ3) is 4.93. The number of aliphatic imine (C=N–C) groups is 1. The van der Waals surface area contributed by atoms with Crippen molar-refractivity contribution in [3.8, 4) is 0 Å². The van der Waals surface area contributed by atoms with Crippen LogP contribution in [0.3, 0.4) is 0 Å². The highest BCUT2D eigenvalue weighted by atomic mass is 32.2. The van der Waals surface area contributed by atoms with Crippen LogP contribution in [0.15, 0.2) is 52.1 Å². The first-order valence-electron chi connectivity index (χ1n) is 8.51. The molecule has 0 saturated heterocycles. The van der Waals surface area contributed by atoms with Gasteiger partial charge in [-0.3, -0.25) is 14.7 Å². The Morgan fingerprint density at radius 3 is 2.88 bits per heavy atom. The maximum Gasteiger partial charge on any atom is 0.251 e. The van der Waals surface area contributed by atoms with E-state index >= 15 is 0 Å². The monoisotopic (exact) mass is 389 g/mol. The van der Waals surface area contributed by atoms with Crippen LogP contribution in [0.5, 0.6) is 0 Å². The quantitative estimate of drug-likeness (QED) is 0.783. The third-order valence-corrected chi connectivity index (χ3v) is 6.42. The zero-order valence-corrected chi connectivity index (χ0v) is 16.6. The van der Waals surface area contributed by atoms with Gasteiger partial charge in [0.05, 0.1) is 18.8 Å². The summed E-state index contributed by atoms with van der Waals surface area (Å²) in [6.07, 6.45) is 1.66. The van der Waals surface area contributed by atoms with E-state index in [1.54, 1.807) is 29.8 Å². The smallest absolute Gasteiger partial charge is 0.251 e. The predicted molar refractivity (Wildman–Crippen MR) is 110 cm³/mol. The molecule has 0 spiro atoms. The van der Waals surface area contributed by atoms with Crippen molar-refractivity contribution in [2.24, 2.45) is 4.99 Å². The molecule has 1 aromatic heterocycles. The molecule has 1 aromatic carbocycles. The van der Waals surface area contributed by atoms with E-state index in [2.05, 4.69) is 10.3 Å². The SMILES string of the molecule is CN(C)C(CNC(=O)c1ccccc1CSC1=NCCS1)c1ccco1. The molecule has 3 rings (SSSR count). The number of thioether (sulfide) groups is 2. The molecule has 2 heterocycles. The van der Waals surface area contributed by atoms with E-state index in [4.69, 9.17) is 4.42 Å². The van der Waals surface area contributed by atoms with E-state index in [-0.39, 0.29) is 11.9 Å². The van der Waals surface area contributed by atoms with Crippen LogP contribution >= 0.6 is 23.5 Å². The lowest BCUT2D eigenvalue weighted by atomic mass is 10.1. The molecule has 26 heavy (non-hydrogen) atoms. The van der Waals surface area contributed by atoms with Crippen molar-refractivity contribution in [2.45, 2.75) is 11.8 Å². The van der Waals surface area contributed by atoms with Gasteiger partial charge in [-0.1, -0.05) is 41.7 Å². The summed E-state index contributed by atoms with van der Waals surface area (Å²) in [6, 6.07) is 11.6. The predicted octanol–water partition coefficient (Wildman–Crippen LogP) is 3.65. The summed E-state index contributed by atoms with van der Waals surface area (Å²) in [5.41, 5.74) is 1.75. The van der Waals surface area contributed by atoms with E-state index in [0.717, 1.165) is 39.3 Å². The summed E-state index contributed by atoms with van der Waals surface area (Å²) in [7, 11) is 3.95. The van der Waals surface area contributed by atoms with Gasteiger partial charge in [-0.25, -0.2) is 0 Å². The third-order valence-electron chi connectivity index (χ3n) is 4.12. The summed E-state index contributed by atoms with van der Waals surface area (Å²) in [4.78, 5) is 19.3. The largest absolute Gasteiger partial charge is 0.468 e. The van der Waals surface area contributed by atoms with Crippen molar-refractivity contribution in [3.05, 3.63) is 59.5 Å². The topological polar surface area (TPSA) is 57.8 Å². The maximum atomic E-state index is 12.8. The number of hydrogen-bond acceptors (Lipinski definition) is 6. The fraction of sp³-hybridized carbons (Fsp3) is 0.368. The van der Waals surface area contributed by atoms with E-state index in [0.29, 0.717) is 6.54 Å². The first kappa shape index (κ1) is 19.1. The Kier molecular flexibility index (Phi) is 6.82. The Morgan fingerprint density at radius 1 is 1.35 bits per heavy atom. The number of amides is 1. The molecule has 2 aromatic rings. The van der Waals surface area contributed by atoms with Crippen LogP contribution in [0.4, 0.5) is 0 Å². The molecule has 138 valence electrons. The molecule has 1 aliphatic rings. The molecule has 5 nitrogen and oxygen atoms in total. The van der Waals surface area contributed by atoms with Crippen molar-refractivity contribution in [1.29, 1.82) is 0 Å². The van der Waals surface area contributed by atoms with Crippen molar-refractivity contribution in [1.82, 2.24) is 10.2 Å². The number of rotatable bonds is 7. The van der Waals surface area contributed by atoms with Gasteiger partial charge >= 0.3 is 0 Å². The van der Waals surface area contributed by atoms with Crippen molar-refractivity contribution < 1.29 is 9.21 Å². The molecule has 0 aliphatic carbocycles. The minimum Gasteiger partial charge on any atom is -0.468 e. The van der Waals surface area contributed by atoms with Crippen LogP contribution < -0.4 is 5.32 Å². The normalized spacial score (nSPS) is 15.1. The zero-order chi connectivity index (χ0) is 18.4. The molecular formula is C19H23N3O2S2. The second-order valence-corrected chi connectivity index (χ2v) is 8.45. The van der Waals surface area contributed by atoms with Gasteiger partial charge in [-0.2, -0.15) is 0 Å².